The summed E-state index contributed by atoms with van der Waals surface area (Å²) in [4.78, 5) is 136. The summed E-state index contributed by atoms with van der Waals surface area (Å²) in [7, 11) is -7.78. The molecule has 4 unspecified atom stereocenters. The molecule has 2 aliphatic heterocycles. The van der Waals surface area contributed by atoms with Gasteiger partial charge in [-0.15, -0.1) is 13.2 Å². The largest absolute Gasteiger partial charge is 0.481 e. The second kappa shape index (κ2) is 33.5. The first-order valence-electron chi connectivity index (χ1n) is 40.1. The maximum absolute atomic E-state index is 14.4. The monoisotopic (exact) mass is 1630 g/mol. The van der Waals surface area contributed by atoms with E-state index in [1.54, 1.807) is 25.7 Å². The molecule has 28 nitrogen and oxygen atoms in total. The number of amides is 9. The number of nitrogens with zero attached hydrogens (tertiary/aromatic N) is 2. The molecule has 0 radical (unpaired) electrons. The lowest BCUT2D eigenvalue weighted by molar-refractivity contribution is -0.144. The molecule has 30 heteroatoms. The van der Waals surface area contributed by atoms with Crippen molar-refractivity contribution in [2.24, 2.45) is 34.5 Å². The molecule has 10 atom stereocenters. The lowest BCUT2D eigenvalue weighted by Crippen LogP contribution is -2.60. The van der Waals surface area contributed by atoms with Crippen molar-refractivity contribution in [1.82, 2.24) is 51.1 Å². The molecule has 624 valence electrons. The van der Waals surface area contributed by atoms with Crippen LogP contribution in [0.2, 0.25) is 0 Å². The van der Waals surface area contributed by atoms with E-state index >= 15 is 0 Å². The lowest BCUT2D eigenvalue weighted by Gasteiger charge is -2.39. The Hall–Kier alpha value is -10.1. The lowest BCUT2D eigenvalue weighted by atomic mass is 9.84. The molecule has 116 heavy (non-hydrogen) atoms. The number of alkyl carbamates (subject to hydrolysis) is 3. The fraction of sp³-hybridized carbons (Fsp3) is 0.535. The highest BCUT2D eigenvalue weighted by molar-refractivity contribution is 7.91. The number of sulfonamides is 2. The zero-order chi connectivity index (χ0) is 83.9. The number of rotatable bonds is 27. The summed E-state index contributed by atoms with van der Waals surface area (Å²) in [6, 6.07) is 26.9. The van der Waals surface area contributed by atoms with E-state index < -0.39 is 160 Å². The van der Waals surface area contributed by atoms with Crippen LogP contribution in [0.4, 0.5) is 14.4 Å². The average molecular weight is 1640 g/mol. The van der Waals surface area contributed by atoms with Crippen molar-refractivity contribution in [3.05, 3.63) is 157 Å². The molecule has 9 N–H and O–H groups in total. The van der Waals surface area contributed by atoms with Crippen LogP contribution in [0.15, 0.2) is 135 Å². The number of carbonyl (C=O) groups is 10. The summed E-state index contributed by atoms with van der Waals surface area (Å²) in [5.74, 6) is -4.83. The molecule has 8 aliphatic carbocycles. The smallest absolute Gasteiger partial charge is 0.408 e. The summed E-state index contributed by atoms with van der Waals surface area (Å²) in [6.07, 6.45) is 8.12. The number of carboxylic acids is 1. The van der Waals surface area contributed by atoms with Gasteiger partial charge in [0.15, 0.2) is 0 Å². The minimum absolute atomic E-state index is 0.00845. The number of fused-ring (bicyclic) bond motifs is 6. The number of ether oxygens (including phenoxy) is 3. The van der Waals surface area contributed by atoms with Crippen LogP contribution >= 0.6 is 0 Å². The van der Waals surface area contributed by atoms with E-state index in [0.29, 0.717) is 56.1 Å². The van der Waals surface area contributed by atoms with Crippen molar-refractivity contribution in [2.75, 3.05) is 26.3 Å². The van der Waals surface area contributed by atoms with Crippen LogP contribution in [0.5, 0.6) is 0 Å². The number of likely N-dealkylation sites (tertiary alicyclic amines) is 2. The number of nitrogens with one attached hydrogen (secondary N) is 8. The number of hydrogen-bond acceptors (Lipinski definition) is 18. The fourth-order valence-corrected chi connectivity index (χ4v) is 18.9. The molecule has 0 spiro atoms. The fourth-order valence-electron chi connectivity index (χ4n) is 16.2. The van der Waals surface area contributed by atoms with Gasteiger partial charge in [-0.2, -0.15) is 0 Å². The van der Waals surface area contributed by atoms with E-state index in [1.165, 1.54) is 17.1 Å². The normalized spacial score (nSPS) is 24.1. The summed E-state index contributed by atoms with van der Waals surface area (Å²) < 4.78 is 72.3. The van der Waals surface area contributed by atoms with Crippen LogP contribution in [-0.2, 0) is 67.8 Å². The molecule has 0 aromatic heterocycles. The summed E-state index contributed by atoms with van der Waals surface area (Å²) in [5.41, 5.74) is 3.85. The van der Waals surface area contributed by atoms with E-state index in [9.17, 15) is 64.8 Å². The number of benzene rings is 4. The molecule has 2 heterocycles. The molecule has 8 fully saturated rings. The van der Waals surface area contributed by atoms with Crippen LogP contribution in [0.3, 0.4) is 0 Å². The topological polar surface area (TPSA) is 390 Å². The minimum atomic E-state index is -3.90. The molecule has 14 rings (SSSR count). The summed E-state index contributed by atoms with van der Waals surface area (Å²) >= 11 is 0. The maximum atomic E-state index is 14.4. The van der Waals surface area contributed by atoms with Gasteiger partial charge in [-0.25, -0.2) is 31.2 Å². The van der Waals surface area contributed by atoms with Crippen LogP contribution in [0, 0.1) is 34.5 Å². The molecule has 4 aromatic carbocycles. The quantitative estimate of drug-likeness (QED) is 0.0198. The number of carboxylic acid groups (broad SMARTS) is 1. The Morgan fingerprint density at radius 3 is 1.22 bits per heavy atom. The van der Waals surface area contributed by atoms with E-state index in [2.05, 4.69) is 73.2 Å². The Labute approximate surface area is 678 Å². The molecule has 9 amide bonds. The van der Waals surface area contributed by atoms with Crippen LogP contribution < -0.4 is 41.3 Å². The molecule has 2 saturated heterocycles. The van der Waals surface area contributed by atoms with Gasteiger partial charge in [0.2, 0.25) is 43.7 Å². The van der Waals surface area contributed by atoms with E-state index in [4.69, 9.17) is 19.3 Å². The first-order valence-corrected chi connectivity index (χ1v) is 43.2. The second-order valence-corrected chi connectivity index (χ2v) is 39.8. The standard InChI is InChI=1S/C41H53N5O8S.C40H49N5O8S.C5H8O2/c1-9-25-21-41(25,36(48)45-55(51,52)27-18-19-27)44-35(47)33-20-26(22-46(33)24(2)34(39(3,4)5)43-38(50)54-40(6,7)8)42-37(49)53-23-32-30-16-12-10-14-28(30)29-15-11-13-17-31(29)32;1-5-24-20-40(24,37(49)44-54(51,52)26-16-17-26)43-35(47)32-19-25(21-45(32)36(48)34(39(2,3)4)42-33(46)18-23-14-15-23)41-38(50)53-22-31-29-12-8-6-10-27(29)28-11-7-9-13-30(28)31;6-5(7)3-4-1-2-4/h9-17,25-27,32-34H,1-2,18-23H2,3-8H3,(H,42,49)(H,43,50)(H,44,47)(H,45,48);5-13,23-26,31-32,34H,1,14-22H2,2-4H3,(H,41,50)(H,42,46)(H,43,47)(H,44,49);4H,1-3H2,(H,6,7)/t25?,26-,33+,34-,41?;24?,25-,32+,34-,40?;/m11./s1. The summed E-state index contributed by atoms with van der Waals surface area (Å²) in [5, 5.41) is 24.1. The average Bonchev–Trinajstić information content (AvgIpc) is 1.57. The third-order valence-corrected chi connectivity index (χ3v) is 26.9. The Balaban J connectivity index is 0.000000197. The first kappa shape index (κ1) is 85.3. The number of carbonyl (C=O) groups excluding carboxylic acids is 9. The van der Waals surface area contributed by atoms with Gasteiger partial charge in [0.1, 0.15) is 48.0 Å². The van der Waals surface area contributed by atoms with Crippen LogP contribution in [-0.4, -0.2) is 181 Å². The van der Waals surface area contributed by atoms with E-state index in [0.717, 1.165) is 70.2 Å². The van der Waals surface area contributed by atoms with Gasteiger partial charge < -0.3 is 61.0 Å². The first-order chi connectivity index (χ1) is 54.6. The Morgan fingerprint density at radius 1 is 0.517 bits per heavy atom. The molecule has 6 saturated carbocycles. The molecule has 10 aliphatic rings. The zero-order valence-corrected chi connectivity index (χ0v) is 69.1. The van der Waals surface area contributed by atoms with Crippen molar-refractivity contribution < 1.29 is 84.1 Å². The highest BCUT2D eigenvalue weighted by Gasteiger charge is 2.64. The third-order valence-electron chi connectivity index (χ3n) is 23.3. The van der Waals surface area contributed by atoms with Gasteiger partial charge in [-0.3, -0.25) is 43.0 Å². The van der Waals surface area contributed by atoms with Crippen molar-refractivity contribution >= 4 is 79.7 Å². The molecule has 4 aromatic rings. The van der Waals surface area contributed by atoms with Gasteiger partial charge in [0.05, 0.1) is 28.6 Å². The molecular weight excluding hydrogens is 1530 g/mol. The van der Waals surface area contributed by atoms with Crippen LogP contribution in [0.25, 0.3) is 22.3 Å². The highest BCUT2D eigenvalue weighted by atomic mass is 32.2. The van der Waals surface area contributed by atoms with Gasteiger partial charge in [0.25, 0.3) is 11.8 Å². The SMILES string of the molecule is C=CC1CC1(NC(=O)[C@@H]1C[C@@H](NC(=O)OCC2c3ccccc3-c3ccccc32)CN1C(=C)[C@@H](NC(=O)OC(C)(C)C)C(C)(C)C)C(=O)NS(=O)(=O)C1CC1.C=CC1CC1(NC(=O)[C@@H]1C[C@@H](NC(=O)OCC2c3ccccc3-c3ccccc32)CN1C(=O)[C@@H](NC(=O)CC1CC1)C(C)(C)C)C(=O)NS(=O)(=O)C1CC1.O=C(O)CC1CC1. The van der Waals surface area contributed by atoms with Gasteiger partial charge in [-0.05, 0) is 165 Å². The van der Waals surface area contributed by atoms with Crippen LogP contribution in [0.1, 0.15) is 186 Å². The maximum Gasteiger partial charge on any atom is 0.408 e. The highest BCUT2D eigenvalue weighted by Crippen LogP contribution is 2.50. The predicted molar refractivity (Wildman–Crippen MR) is 433 cm³/mol. The molecular formula is C86H110N10O18S2. The van der Waals surface area contributed by atoms with Crippen molar-refractivity contribution in [3.8, 4) is 22.3 Å². The number of aliphatic carboxylic acids is 1. The van der Waals surface area contributed by atoms with Crippen molar-refractivity contribution in [3.63, 3.8) is 0 Å². The zero-order valence-electron chi connectivity index (χ0n) is 67.4. The number of hydrogen-bond donors (Lipinski definition) is 9. The Bertz CT molecular complexity index is 4690. The predicted octanol–water partition coefficient (Wildman–Crippen LogP) is 9.46. The molecule has 0 bridgehead atoms. The minimum Gasteiger partial charge on any atom is -0.481 e. The third kappa shape index (κ3) is 19.9. The summed E-state index contributed by atoms with van der Waals surface area (Å²) in [6.45, 7) is 28.6. The van der Waals surface area contributed by atoms with Gasteiger partial charge in [0, 0.05) is 55.3 Å². The van der Waals surface area contributed by atoms with Crippen molar-refractivity contribution in [1.29, 1.82) is 0 Å². The van der Waals surface area contributed by atoms with Gasteiger partial charge in [-0.1, -0.05) is 157 Å². The van der Waals surface area contributed by atoms with Gasteiger partial charge >= 0.3 is 24.2 Å². The Kier molecular flexibility index (Phi) is 24.6. The van der Waals surface area contributed by atoms with E-state index in [1.807, 2.05) is 126 Å². The second-order valence-electron chi connectivity index (χ2n) is 35.8. The van der Waals surface area contributed by atoms with Crippen molar-refractivity contribution in [2.45, 2.75) is 227 Å². The van der Waals surface area contributed by atoms with E-state index in [-0.39, 0.29) is 69.7 Å². The Morgan fingerprint density at radius 2 is 0.888 bits per heavy atom.